The van der Waals surface area contributed by atoms with Crippen LogP contribution in [-0.2, 0) is 0 Å². The molecule has 0 atom stereocenters. The van der Waals surface area contributed by atoms with Gasteiger partial charge in [0.25, 0.3) is 0 Å². The normalized spacial score (nSPS) is 20.3. The highest BCUT2D eigenvalue weighted by Crippen LogP contribution is 1.91. The molecule has 2 aliphatic heterocycles. The van der Waals surface area contributed by atoms with Gasteiger partial charge >= 0.3 is 0 Å². The maximum absolute atomic E-state index is 5.40. The second kappa shape index (κ2) is 11.4. The van der Waals surface area contributed by atoms with Crippen LogP contribution in [0.4, 0.5) is 0 Å². The molecule has 2 rings (SSSR count). The minimum atomic E-state index is 0.695. The second-order valence-electron chi connectivity index (χ2n) is 6.04. The molecule has 8 heteroatoms. The van der Waals surface area contributed by atoms with Gasteiger partial charge in [0, 0.05) is 85.1 Å². The Kier molecular flexibility index (Phi) is 9.43. The molecule has 0 aromatic carbocycles. The van der Waals surface area contributed by atoms with Gasteiger partial charge in [-0.25, -0.2) is 0 Å². The van der Waals surface area contributed by atoms with E-state index in [0.717, 1.165) is 88.4 Å². The predicted molar refractivity (Wildman–Crippen MR) is 105 cm³/mol. The third-order valence-corrected chi connectivity index (χ3v) is 5.14. The number of rotatable bonds is 9. The van der Waals surface area contributed by atoms with Gasteiger partial charge in [0.05, 0.1) is 4.86 Å². The zero-order valence-corrected chi connectivity index (χ0v) is 15.5. The molecule has 4 N–H and O–H groups in total. The van der Waals surface area contributed by atoms with Crippen LogP contribution >= 0.6 is 24.4 Å². The van der Waals surface area contributed by atoms with Gasteiger partial charge in [-0.1, -0.05) is 24.4 Å². The molecule has 2 saturated heterocycles. The van der Waals surface area contributed by atoms with Gasteiger partial charge in [-0.2, -0.15) is 0 Å². The van der Waals surface area contributed by atoms with E-state index < -0.39 is 0 Å². The van der Waals surface area contributed by atoms with Gasteiger partial charge in [-0.05, 0) is 0 Å². The molecular weight excluding hydrogens is 328 g/mol. The molecule has 0 saturated carbocycles. The summed E-state index contributed by atoms with van der Waals surface area (Å²) in [6.07, 6.45) is 0. The van der Waals surface area contributed by atoms with E-state index in [2.05, 4.69) is 31.1 Å². The SMILES string of the molecule is S=C(CNCCN1CCNCC1)C(=S)NCCN1CCNCC1. The zero-order valence-electron chi connectivity index (χ0n) is 13.9. The average Bonchev–Trinajstić information content (AvgIpc) is 2.60. The molecule has 2 fully saturated rings. The minimum Gasteiger partial charge on any atom is -0.374 e. The first-order chi connectivity index (χ1) is 11.3. The van der Waals surface area contributed by atoms with Crippen molar-refractivity contribution in [2.24, 2.45) is 0 Å². The smallest absolute Gasteiger partial charge is 0.114 e. The first-order valence-corrected chi connectivity index (χ1v) is 9.45. The van der Waals surface area contributed by atoms with Crippen molar-refractivity contribution >= 4 is 34.3 Å². The highest BCUT2D eigenvalue weighted by molar-refractivity contribution is 7.89. The first-order valence-electron chi connectivity index (χ1n) is 8.63. The van der Waals surface area contributed by atoms with E-state index in [4.69, 9.17) is 24.4 Å². The van der Waals surface area contributed by atoms with Crippen LogP contribution in [0.15, 0.2) is 0 Å². The maximum Gasteiger partial charge on any atom is 0.114 e. The number of nitrogens with one attached hydrogen (secondary N) is 4. The van der Waals surface area contributed by atoms with Gasteiger partial charge < -0.3 is 21.3 Å². The molecule has 0 aromatic rings. The van der Waals surface area contributed by atoms with E-state index in [-0.39, 0.29) is 0 Å². The lowest BCUT2D eigenvalue weighted by Gasteiger charge is -2.27. The topological polar surface area (TPSA) is 54.6 Å². The Balaban J connectivity index is 1.48. The molecule has 2 aliphatic rings. The summed E-state index contributed by atoms with van der Waals surface area (Å²) in [6.45, 7) is 13.5. The Bertz CT molecular complexity index is 367. The van der Waals surface area contributed by atoms with Crippen molar-refractivity contribution in [1.82, 2.24) is 31.1 Å². The number of hydrogen-bond acceptors (Lipinski definition) is 7. The van der Waals surface area contributed by atoms with E-state index >= 15 is 0 Å². The number of hydrogen-bond donors (Lipinski definition) is 4. The summed E-state index contributed by atoms with van der Waals surface area (Å²) in [6, 6.07) is 0. The van der Waals surface area contributed by atoms with Gasteiger partial charge in [0.1, 0.15) is 4.99 Å². The van der Waals surface area contributed by atoms with Crippen molar-refractivity contribution in [3.05, 3.63) is 0 Å². The highest BCUT2D eigenvalue weighted by Gasteiger charge is 2.11. The molecule has 0 bridgehead atoms. The van der Waals surface area contributed by atoms with E-state index in [1.165, 1.54) is 0 Å². The largest absolute Gasteiger partial charge is 0.374 e. The van der Waals surface area contributed by atoms with E-state index in [0.29, 0.717) is 6.54 Å². The fourth-order valence-electron chi connectivity index (χ4n) is 2.82. The molecule has 0 unspecified atom stereocenters. The van der Waals surface area contributed by atoms with Crippen LogP contribution in [-0.4, -0.2) is 105 Å². The summed E-state index contributed by atoms with van der Waals surface area (Å²) in [4.78, 5) is 6.46. The molecule has 6 nitrogen and oxygen atoms in total. The first kappa shape index (κ1) is 19.1. The summed E-state index contributed by atoms with van der Waals surface area (Å²) in [5.74, 6) is 0. The summed E-state index contributed by atoms with van der Waals surface area (Å²) in [7, 11) is 0. The van der Waals surface area contributed by atoms with Crippen molar-refractivity contribution in [2.45, 2.75) is 0 Å². The van der Waals surface area contributed by atoms with Crippen LogP contribution in [0.2, 0.25) is 0 Å². The molecule has 132 valence electrons. The van der Waals surface area contributed by atoms with Crippen LogP contribution in [0.1, 0.15) is 0 Å². The van der Waals surface area contributed by atoms with Crippen LogP contribution in [0.5, 0.6) is 0 Å². The Labute approximate surface area is 150 Å². The molecular formula is C15H30N6S2. The van der Waals surface area contributed by atoms with Gasteiger partial charge in [0.2, 0.25) is 0 Å². The van der Waals surface area contributed by atoms with Crippen molar-refractivity contribution in [1.29, 1.82) is 0 Å². The van der Waals surface area contributed by atoms with Crippen LogP contribution in [0.25, 0.3) is 0 Å². The fraction of sp³-hybridized carbons (Fsp3) is 0.867. The third kappa shape index (κ3) is 7.93. The van der Waals surface area contributed by atoms with Crippen molar-refractivity contribution in [3.63, 3.8) is 0 Å². The Morgan fingerprint density at radius 3 is 1.91 bits per heavy atom. The van der Waals surface area contributed by atoms with E-state index in [1.807, 2.05) is 0 Å². The Morgan fingerprint density at radius 2 is 1.35 bits per heavy atom. The Hall–Kier alpha value is -0.220. The number of thiocarbonyl (C=S) groups is 2. The molecule has 0 amide bonds. The van der Waals surface area contributed by atoms with Crippen molar-refractivity contribution in [2.75, 3.05) is 85.1 Å². The van der Waals surface area contributed by atoms with Crippen molar-refractivity contribution in [3.8, 4) is 0 Å². The van der Waals surface area contributed by atoms with E-state index in [1.54, 1.807) is 0 Å². The second-order valence-corrected chi connectivity index (χ2v) is 6.94. The fourth-order valence-corrected chi connectivity index (χ4v) is 3.16. The van der Waals surface area contributed by atoms with Crippen LogP contribution in [0.3, 0.4) is 0 Å². The molecule has 2 heterocycles. The number of nitrogens with zero attached hydrogens (tertiary/aromatic N) is 2. The predicted octanol–water partition coefficient (Wildman–Crippen LogP) is -1.33. The monoisotopic (exact) mass is 358 g/mol. The quantitative estimate of drug-likeness (QED) is 0.299. The summed E-state index contributed by atoms with van der Waals surface area (Å²) in [5, 5.41) is 13.4. The molecule has 0 radical (unpaired) electrons. The number of piperazine rings is 2. The van der Waals surface area contributed by atoms with Gasteiger partial charge in [-0.3, -0.25) is 9.80 Å². The average molecular weight is 359 g/mol. The lowest BCUT2D eigenvalue weighted by molar-refractivity contribution is 0.242. The molecule has 0 aliphatic carbocycles. The lowest BCUT2D eigenvalue weighted by Crippen LogP contribution is -2.47. The summed E-state index contributed by atoms with van der Waals surface area (Å²) in [5.41, 5.74) is 0. The zero-order chi connectivity index (χ0) is 16.3. The van der Waals surface area contributed by atoms with Gasteiger partial charge in [0.15, 0.2) is 0 Å². The minimum absolute atomic E-state index is 0.695. The Morgan fingerprint density at radius 1 is 0.826 bits per heavy atom. The van der Waals surface area contributed by atoms with Crippen LogP contribution in [0, 0.1) is 0 Å². The van der Waals surface area contributed by atoms with E-state index in [9.17, 15) is 0 Å². The van der Waals surface area contributed by atoms with Crippen molar-refractivity contribution < 1.29 is 0 Å². The van der Waals surface area contributed by atoms with Gasteiger partial charge in [-0.15, -0.1) is 0 Å². The highest BCUT2D eigenvalue weighted by atomic mass is 32.1. The standard InChI is InChI=1S/C15H30N6S2/c22-14(13-18-5-11-20-7-1-16-2-8-20)15(23)19-6-12-21-9-3-17-4-10-21/h16-18H,1-13H2,(H,19,23). The summed E-state index contributed by atoms with van der Waals surface area (Å²) >= 11 is 10.8. The third-order valence-electron chi connectivity index (χ3n) is 4.28. The maximum atomic E-state index is 5.40. The summed E-state index contributed by atoms with van der Waals surface area (Å²) < 4.78 is 0. The van der Waals surface area contributed by atoms with Crippen LogP contribution < -0.4 is 21.3 Å². The molecule has 23 heavy (non-hydrogen) atoms. The molecule has 0 aromatic heterocycles. The lowest BCUT2D eigenvalue weighted by atomic mass is 10.3. The molecule has 0 spiro atoms.